The molecule has 1 aromatic carbocycles. The molecule has 1 aromatic rings. The Labute approximate surface area is 116 Å². The molecule has 1 atom stereocenters. The molecule has 0 aliphatic carbocycles. The highest BCUT2D eigenvalue weighted by molar-refractivity contribution is 5.26. The molecule has 1 heterocycles. The fourth-order valence-corrected chi connectivity index (χ4v) is 2.73. The second-order valence-electron chi connectivity index (χ2n) is 6.76. The molecule has 1 aliphatic rings. The fraction of sp³-hybridized carbons (Fsp3) is 0.625. The number of hydrogen-bond acceptors (Lipinski definition) is 3. The Hall–Kier alpha value is -1.06. The third kappa shape index (κ3) is 4.51. The Kier molecular flexibility index (Phi) is 4.48. The van der Waals surface area contributed by atoms with Gasteiger partial charge in [0.1, 0.15) is 5.75 Å². The average molecular weight is 262 g/mol. The molecule has 0 spiro atoms. The molecule has 19 heavy (non-hydrogen) atoms. The van der Waals surface area contributed by atoms with Crippen LogP contribution in [0.2, 0.25) is 0 Å². The fourth-order valence-electron chi connectivity index (χ4n) is 2.73. The predicted octanol–water partition coefficient (Wildman–Crippen LogP) is 2.25. The Morgan fingerprint density at radius 2 is 1.95 bits per heavy atom. The van der Waals surface area contributed by atoms with Gasteiger partial charge in [-0.3, -0.25) is 4.90 Å². The zero-order valence-electron chi connectivity index (χ0n) is 12.3. The van der Waals surface area contributed by atoms with Gasteiger partial charge < -0.3 is 10.4 Å². The molecule has 1 aliphatic heterocycles. The zero-order chi connectivity index (χ0) is 13.9. The largest absolute Gasteiger partial charge is 0.508 e. The Bertz CT molecular complexity index is 394. The molecule has 0 amide bonds. The van der Waals surface area contributed by atoms with E-state index in [9.17, 15) is 5.11 Å². The number of piperazine rings is 1. The predicted molar refractivity (Wildman–Crippen MR) is 79.5 cm³/mol. The quantitative estimate of drug-likeness (QED) is 0.877. The minimum atomic E-state index is 0.338. The first-order chi connectivity index (χ1) is 8.94. The lowest BCUT2D eigenvalue weighted by Gasteiger charge is -2.40. The van der Waals surface area contributed by atoms with E-state index in [0.29, 0.717) is 17.2 Å². The third-order valence-corrected chi connectivity index (χ3v) is 3.56. The summed E-state index contributed by atoms with van der Waals surface area (Å²) in [7, 11) is 0. The SMILES string of the molecule is CC(C)(C)CN1CCNC[C@H]1Cc1ccc(O)cc1. The number of benzene rings is 1. The second-order valence-corrected chi connectivity index (χ2v) is 6.76. The summed E-state index contributed by atoms with van der Waals surface area (Å²) in [5.74, 6) is 0.345. The highest BCUT2D eigenvalue weighted by Gasteiger charge is 2.26. The van der Waals surface area contributed by atoms with Gasteiger partial charge in [0.2, 0.25) is 0 Å². The van der Waals surface area contributed by atoms with E-state index in [-0.39, 0.29) is 0 Å². The molecule has 2 rings (SSSR count). The van der Waals surface area contributed by atoms with Gasteiger partial charge in [0.05, 0.1) is 0 Å². The van der Waals surface area contributed by atoms with Crippen LogP contribution in [0.5, 0.6) is 5.75 Å². The van der Waals surface area contributed by atoms with E-state index in [1.165, 1.54) is 5.56 Å². The number of phenolic OH excluding ortho intramolecular Hbond substituents is 1. The second kappa shape index (κ2) is 5.93. The van der Waals surface area contributed by atoms with Crippen LogP contribution in [0.1, 0.15) is 26.3 Å². The van der Waals surface area contributed by atoms with Gasteiger partial charge in [0, 0.05) is 32.2 Å². The lowest BCUT2D eigenvalue weighted by atomic mass is 9.93. The van der Waals surface area contributed by atoms with Crippen LogP contribution in [0, 0.1) is 5.41 Å². The lowest BCUT2D eigenvalue weighted by molar-refractivity contribution is 0.113. The van der Waals surface area contributed by atoms with Gasteiger partial charge in [-0.25, -0.2) is 0 Å². The van der Waals surface area contributed by atoms with Crippen LogP contribution in [-0.2, 0) is 6.42 Å². The van der Waals surface area contributed by atoms with Gasteiger partial charge in [-0.2, -0.15) is 0 Å². The van der Waals surface area contributed by atoms with Crippen molar-refractivity contribution in [1.82, 2.24) is 10.2 Å². The maximum Gasteiger partial charge on any atom is 0.115 e. The van der Waals surface area contributed by atoms with Crippen LogP contribution in [0.4, 0.5) is 0 Å². The van der Waals surface area contributed by atoms with Crippen molar-refractivity contribution in [2.75, 3.05) is 26.2 Å². The Morgan fingerprint density at radius 1 is 1.26 bits per heavy atom. The van der Waals surface area contributed by atoms with Crippen molar-refractivity contribution in [2.24, 2.45) is 5.41 Å². The van der Waals surface area contributed by atoms with Crippen molar-refractivity contribution in [3.8, 4) is 5.75 Å². The highest BCUT2D eigenvalue weighted by atomic mass is 16.3. The first-order valence-corrected chi connectivity index (χ1v) is 7.17. The number of aromatic hydroxyl groups is 1. The number of hydrogen-bond donors (Lipinski definition) is 2. The van der Waals surface area contributed by atoms with E-state index >= 15 is 0 Å². The molecule has 3 nitrogen and oxygen atoms in total. The number of rotatable bonds is 3. The molecule has 2 N–H and O–H groups in total. The van der Waals surface area contributed by atoms with E-state index in [0.717, 1.165) is 32.6 Å². The molecule has 0 unspecified atom stereocenters. The minimum absolute atomic E-state index is 0.338. The molecule has 106 valence electrons. The van der Waals surface area contributed by atoms with E-state index in [4.69, 9.17) is 0 Å². The summed E-state index contributed by atoms with van der Waals surface area (Å²) in [4.78, 5) is 2.60. The smallest absolute Gasteiger partial charge is 0.115 e. The number of nitrogens with zero attached hydrogens (tertiary/aromatic N) is 1. The zero-order valence-corrected chi connectivity index (χ0v) is 12.3. The Balaban J connectivity index is 2.01. The van der Waals surface area contributed by atoms with Crippen molar-refractivity contribution in [3.63, 3.8) is 0 Å². The van der Waals surface area contributed by atoms with Gasteiger partial charge >= 0.3 is 0 Å². The van der Waals surface area contributed by atoms with Crippen LogP contribution in [0.3, 0.4) is 0 Å². The van der Waals surface area contributed by atoms with Crippen LogP contribution in [-0.4, -0.2) is 42.2 Å². The Morgan fingerprint density at radius 3 is 2.58 bits per heavy atom. The van der Waals surface area contributed by atoms with Gasteiger partial charge in [-0.1, -0.05) is 32.9 Å². The van der Waals surface area contributed by atoms with Crippen LogP contribution < -0.4 is 5.32 Å². The maximum atomic E-state index is 9.34. The number of phenols is 1. The minimum Gasteiger partial charge on any atom is -0.508 e. The van der Waals surface area contributed by atoms with Crippen molar-refractivity contribution in [3.05, 3.63) is 29.8 Å². The summed E-state index contributed by atoms with van der Waals surface area (Å²) >= 11 is 0. The summed E-state index contributed by atoms with van der Waals surface area (Å²) in [6.07, 6.45) is 1.04. The van der Waals surface area contributed by atoms with Crippen molar-refractivity contribution >= 4 is 0 Å². The average Bonchev–Trinajstić information content (AvgIpc) is 2.33. The third-order valence-electron chi connectivity index (χ3n) is 3.56. The van der Waals surface area contributed by atoms with E-state index in [2.05, 4.69) is 31.0 Å². The highest BCUT2D eigenvalue weighted by Crippen LogP contribution is 2.20. The number of nitrogens with one attached hydrogen (secondary N) is 1. The van der Waals surface area contributed by atoms with Crippen molar-refractivity contribution in [1.29, 1.82) is 0 Å². The van der Waals surface area contributed by atoms with Crippen molar-refractivity contribution < 1.29 is 5.11 Å². The molecule has 3 heteroatoms. The normalized spacial score (nSPS) is 21.5. The van der Waals surface area contributed by atoms with Crippen LogP contribution in [0.25, 0.3) is 0 Å². The molecule has 0 saturated carbocycles. The van der Waals surface area contributed by atoms with E-state index < -0.39 is 0 Å². The monoisotopic (exact) mass is 262 g/mol. The molecule has 1 fully saturated rings. The van der Waals surface area contributed by atoms with Crippen LogP contribution in [0.15, 0.2) is 24.3 Å². The molecule has 0 radical (unpaired) electrons. The summed E-state index contributed by atoms with van der Waals surface area (Å²) in [5.41, 5.74) is 1.63. The van der Waals surface area contributed by atoms with Gasteiger partial charge in [0.25, 0.3) is 0 Å². The van der Waals surface area contributed by atoms with E-state index in [1.54, 1.807) is 12.1 Å². The van der Waals surface area contributed by atoms with Crippen molar-refractivity contribution in [2.45, 2.75) is 33.2 Å². The molecular formula is C16H26N2O. The first kappa shape index (κ1) is 14.4. The first-order valence-electron chi connectivity index (χ1n) is 7.17. The maximum absolute atomic E-state index is 9.34. The summed E-state index contributed by atoms with van der Waals surface area (Å²) < 4.78 is 0. The standard InChI is InChI=1S/C16H26N2O/c1-16(2,3)12-18-9-8-17-11-14(18)10-13-4-6-15(19)7-5-13/h4-7,14,17,19H,8-12H2,1-3H3/t14-/m1/s1. The lowest BCUT2D eigenvalue weighted by Crippen LogP contribution is -2.54. The molecule has 0 aromatic heterocycles. The summed E-state index contributed by atoms with van der Waals surface area (Å²) in [6.45, 7) is 11.3. The van der Waals surface area contributed by atoms with Gasteiger partial charge in [-0.05, 0) is 29.5 Å². The summed E-state index contributed by atoms with van der Waals surface area (Å²) in [6, 6.07) is 8.16. The molecular weight excluding hydrogens is 236 g/mol. The van der Waals surface area contributed by atoms with Gasteiger partial charge in [0.15, 0.2) is 0 Å². The topological polar surface area (TPSA) is 35.5 Å². The van der Waals surface area contributed by atoms with E-state index in [1.807, 2.05) is 12.1 Å². The van der Waals surface area contributed by atoms with Gasteiger partial charge in [-0.15, -0.1) is 0 Å². The molecule has 1 saturated heterocycles. The van der Waals surface area contributed by atoms with Crippen LogP contribution >= 0.6 is 0 Å². The molecule has 0 bridgehead atoms. The summed E-state index contributed by atoms with van der Waals surface area (Å²) in [5, 5.41) is 12.8.